The maximum absolute atomic E-state index is 11.3. The first kappa shape index (κ1) is 14.1. The van der Waals surface area contributed by atoms with Gasteiger partial charge < -0.3 is 10.1 Å². The van der Waals surface area contributed by atoms with Gasteiger partial charge in [-0.1, -0.05) is 27.5 Å². The van der Waals surface area contributed by atoms with Crippen molar-refractivity contribution < 1.29 is 9.53 Å². The molecule has 100 valence electrons. The number of hydrogen-bond donors (Lipinski definition) is 1. The molecule has 2 aromatic rings. The van der Waals surface area contributed by atoms with Gasteiger partial charge in [-0.25, -0.2) is 0 Å². The van der Waals surface area contributed by atoms with Crippen LogP contribution in [0.3, 0.4) is 0 Å². The van der Waals surface area contributed by atoms with E-state index in [4.69, 9.17) is 11.6 Å². The van der Waals surface area contributed by atoms with Gasteiger partial charge in [0.15, 0.2) is 0 Å². The molecule has 0 bridgehead atoms. The number of fused-ring (bicyclic) bond motifs is 1. The third-order valence-corrected chi connectivity index (χ3v) is 3.67. The highest BCUT2D eigenvalue weighted by Gasteiger charge is 2.15. The Bertz CT molecular complexity index is 606. The average molecular weight is 344 g/mol. The summed E-state index contributed by atoms with van der Waals surface area (Å²) in [5.41, 5.74) is 1.60. The summed E-state index contributed by atoms with van der Waals surface area (Å²) in [6.45, 7) is 0.403. The predicted molar refractivity (Wildman–Crippen MR) is 80.0 cm³/mol. The van der Waals surface area contributed by atoms with Crippen LogP contribution in [0.5, 0.6) is 0 Å². The van der Waals surface area contributed by atoms with Crippen molar-refractivity contribution in [3.8, 4) is 0 Å². The Kier molecular flexibility index (Phi) is 4.61. The molecule has 0 radical (unpaired) electrons. The van der Waals surface area contributed by atoms with Gasteiger partial charge in [-0.2, -0.15) is 0 Å². The van der Waals surface area contributed by atoms with Gasteiger partial charge in [0.2, 0.25) is 0 Å². The number of ether oxygens (including phenoxy) is 1. The van der Waals surface area contributed by atoms with E-state index in [1.165, 1.54) is 7.11 Å². The van der Waals surface area contributed by atoms with E-state index in [2.05, 4.69) is 31.0 Å². The Morgan fingerprint density at radius 1 is 1.53 bits per heavy atom. The molecule has 1 aromatic heterocycles. The third kappa shape index (κ3) is 3.16. The van der Waals surface area contributed by atoms with Crippen molar-refractivity contribution in [1.29, 1.82) is 0 Å². The fourth-order valence-electron chi connectivity index (χ4n) is 1.69. The molecule has 0 aliphatic rings. The maximum Gasteiger partial charge on any atom is 0.321 e. The molecule has 0 saturated carbocycles. The van der Waals surface area contributed by atoms with Crippen LogP contribution in [-0.2, 0) is 9.53 Å². The lowest BCUT2D eigenvalue weighted by Gasteiger charge is -2.12. The molecule has 6 heteroatoms. The van der Waals surface area contributed by atoms with Gasteiger partial charge in [0.25, 0.3) is 0 Å². The second-order valence-corrected chi connectivity index (χ2v) is 5.38. The minimum atomic E-state index is -0.410. The fourth-order valence-corrected chi connectivity index (χ4v) is 2.26. The zero-order valence-electron chi connectivity index (χ0n) is 10.2. The summed E-state index contributed by atoms with van der Waals surface area (Å²) in [4.78, 5) is 15.2. The lowest BCUT2D eigenvalue weighted by atomic mass is 10.2. The number of nitrogens with zero attached hydrogens (tertiary/aromatic N) is 1. The summed E-state index contributed by atoms with van der Waals surface area (Å²) in [6.07, 6.45) is 1.70. The van der Waals surface area contributed by atoms with E-state index in [1.807, 2.05) is 18.2 Å². The number of aromatic nitrogens is 1. The van der Waals surface area contributed by atoms with Gasteiger partial charge in [0.05, 0.1) is 23.3 Å². The molecular weight excluding hydrogens is 332 g/mol. The Hall–Kier alpha value is -1.33. The molecule has 0 fully saturated rings. The summed E-state index contributed by atoms with van der Waals surface area (Å²) in [5, 5.41) is 4.68. The zero-order chi connectivity index (χ0) is 13.8. The molecule has 0 aliphatic heterocycles. The molecule has 19 heavy (non-hydrogen) atoms. The molecular formula is C13H12BrClN2O2. The summed E-state index contributed by atoms with van der Waals surface area (Å²) < 4.78 is 4.64. The van der Waals surface area contributed by atoms with Gasteiger partial charge in [-0.05, 0) is 24.3 Å². The van der Waals surface area contributed by atoms with E-state index in [1.54, 1.807) is 12.3 Å². The molecule has 1 atom stereocenters. The van der Waals surface area contributed by atoms with Crippen LogP contribution in [0.25, 0.3) is 10.9 Å². The number of alkyl halides is 1. The quantitative estimate of drug-likeness (QED) is 0.684. The van der Waals surface area contributed by atoms with Gasteiger partial charge in [-0.3, -0.25) is 9.78 Å². The number of carbonyl (C=O) groups excluding carboxylic acids is 1. The zero-order valence-corrected chi connectivity index (χ0v) is 12.5. The van der Waals surface area contributed by atoms with E-state index in [0.717, 1.165) is 16.6 Å². The molecule has 0 spiro atoms. The van der Waals surface area contributed by atoms with Crippen molar-refractivity contribution in [2.45, 2.75) is 4.83 Å². The van der Waals surface area contributed by atoms with Crippen molar-refractivity contribution in [3.05, 3.63) is 35.5 Å². The number of anilines is 1. The Balaban J connectivity index is 2.22. The molecule has 1 heterocycles. The average Bonchev–Trinajstić information content (AvgIpc) is 2.45. The van der Waals surface area contributed by atoms with E-state index < -0.39 is 4.83 Å². The van der Waals surface area contributed by atoms with Gasteiger partial charge in [-0.15, -0.1) is 0 Å². The molecule has 0 saturated heterocycles. The van der Waals surface area contributed by atoms with Crippen LogP contribution in [0.2, 0.25) is 5.02 Å². The minimum absolute atomic E-state index is 0.321. The number of methoxy groups -OCH3 is 1. The van der Waals surface area contributed by atoms with Gasteiger partial charge in [0.1, 0.15) is 4.83 Å². The molecule has 1 unspecified atom stereocenters. The summed E-state index contributed by atoms with van der Waals surface area (Å²) in [6, 6.07) is 7.38. The first-order valence-corrected chi connectivity index (χ1v) is 6.92. The number of hydrogen-bond acceptors (Lipinski definition) is 4. The second kappa shape index (κ2) is 6.21. The van der Waals surface area contributed by atoms with Crippen LogP contribution in [-0.4, -0.2) is 29.4 Å². The highest BCUT2D eigenvalue weighted by Crippen LogP contribution is 2.28. The molecule has 0 amide bonds. The van der Waals surface area contributed by atoms with Crippen molar-refractivity contribution in [2.75, 3.05) is 19.0 Å². The summed E-state index contributed by atoms with van der Waals surface area (Å²) >= 11 is 9.37. The van der Waals surface area contributed by atoms with Crippen LogP contribution in [0.15, 0.2) is 30.5 Å². The first-order valence-electron chi connectivity index (χ1n) is 5.62. The number of pyridine rings is 1. The predicted octanol–water partition coefficient (Wildman–Crippen LogP) is 3.24. The number of esters is 1. The Morgan fingerprint density at radius 2 is 2.32 bits per heavy atom. The van der Waals surface area contributed by atoms with Crippen LogP contribution in [0.4, 0.5) is 5.69 Å². The van der Waals surface area contributed by atoms with Gasteiger partial charge in [0, 0.05) is 18.1 Å². The van der Waals surface area contributed by atoms with Crippen LogP contribution < -0.4 is 5.32 Å². The Labute approximate surface area is 124 Å². The highest BCUT2D eigenvalue weighted by molar-refractivity contribution is 9.10. The monoisotopic (exact) mass is 342 g/mol. The topological polar surface area (TPSA) is 51.2 Å². The largest absolute Gasteiger partial charge is 0.468 e. The van der Waals surface area contributed by atoms with Crippen molar-refractivity contribution in [3.63, 3.8) is 0 Å². The van der Waals surface area contributed by atoms with E-state index in [9.17, 15) is 4.79 Å². The highest BCUT2D eigenvalue weighted by atomic mass is 79.9. The van der Waals surface area contributed by atoms with Crippen molar-refractivity contribution in [1.82, 2.24) is 4.98 Å². The normalized spacial score (nSPS) is 12.2. The summed E-state index contributed by atoms with van der Waals surface area (Å²) in [5.74, 6) is -0.321. The van der Waals surface area contributed by atoms with Crippen LogP contribution in [0, 0.1) is 0 Å². The number of carbonyl (C=O) groups is 1. The maximum atomic E-state index is 11.3. The minimum Gasteiger partial charge on any atom is -0.468 e. The molecule has 1 aromatic carbocycles. The molecule has 2 rings (SSSR count). The molecule has 4 nitrogen and oxygen atoms in total. The standard InChI is InChI=1S/C13H12BrClN2O2/c1-19-13(18)9(14)7-17-11-5-4-10(15)8-3-2-6-16-12(8)11/h2-6,9,17H,7H2,1H3. The number of benzene rings is 1. The lowest BCUT2D eigenvalue weighted by molar-refractivity contribution is -0.139. The van der Waals surface area contributed by atoms with Crippen molar-refractivity contribution >= 4 is 50.1 Å². The lowest BCUT2D eigenvalue weighted by Crippen LogP contribution is -2.24. The van der Waals surface area contributed by atoms with Crippen molar-refractivity contribution in [2.24, 2.45) is 0 Å². The molecule has 0 aliphatic carbocycles. The van der Waals surface area contributed by atoms with E-state index >= 15 is 0 Å². The third-order valence-electron chi connectivity index (χ3n) is 2.65. The number of halogens is 2. The van der Waals surface area contributed by atoms with Gasteiger partial charge >= 0.3 is 5.97 Å². The fraction of sp³-hybridized carbons (Fsp3) is 0.231. The smallest absolute Gasteiger partial charge is 0.321 e. The molecule has 1 N–H and O–H groups in total. The van der Waals surface area contributed by atoms with E-state index in [-0.39, 0.29) is 5.97 Å². The second-order valence-electron chi connectivity index (χ2n) is 3.87. The SMILES string of the molecule is COC(=O)C(Br)CNc1ccc(Cl)c2cccnc12. The first-order chi connectivity index (χ1) is 9.13. The number of rotatable bonds is 4. The van der Waals surface area contributed by atoms with Crippen LogP contribution >= 0.6 is 27.5 Å². The number of nitrogens with one attached hydrogen (secondary N) is 1. The Morgan fingerprint density at radius 3 is 3.05 bits per heavy atom. The van der Waals surface area contributed by atoms with E-state index in [0.29, 0.717) is 11.6 Å². The summed E-state index contributed by atoms with van der Waals surface area (Å²) in [7, 11) is 1.36. The van der Waals surface area contributed by atoms with Crippen LogP contribution in [0.1, 0.15) is 0 Å².